The first kappa shape index (κ1) is 14.5. The highest BCUT2D eigenvalue weighted by Gasteiger charge is 2.21. The smallest absolute Gasteiger partial charge is 0.246 e. The number of nitrogens with zero attached hydrogens (tertiary/aromatic N) is 2. The molecule has 0 spiro atoms. The molecule has 0 aliphatic carbocycles. The Labute approximate surface area is 112 Å². The second-order valence-corrected chi connectivity index (χ2v) is 4.35. The van der Waals surface area contributed by atoms with Crippen molar-refractivity contribution in [1.82, 2.24) is 15.2 Å². The lowest BCUT2D eigenvalue weighted by Crippen LogP contribution is -2.47. The molecule has 98 valence electrons. The molecule has 0 bridgehead atoms. The molecule has 1 heterocycles. The van der Waals surface area contributed by atoms with Gasteiger partial charge in [0.05, 0.1) is 0 Å². The van der Waals surface area contributed by atoms with Crippen molar-refractivity contribution in [3.05, 3.63) is 30.1 Å². The standard InChI is InChI=1S/C12H17N3O2S/c1-9(16)14-11(8-18)12(17)15(2)7-10-3-5-13-6-4-10/h3-6,11,18H,7-8H2,1-2H3,(H,14,16). The van der Waals surface area contributed by atoms with E-state index in [0.717, 1.165) is 5.56 Å². The summed E-state index contributed by atoms with van der Waals surface area (Å²) in [5.74, 6) is -0.115. The quantitative estimate of drug-likeness (QED) is 0.763. The summed E-state index contributed by atoms with van der Waals surface area (Å²) >= 11 is 4.08. The summed E-state index contributed by atoms with van der Waals surface area (Å²) in [4.78, 5) is 28.5. The molecule has 1 aromatic heterocycles. The Morgan fingerprint density at radius 2 is 2.06 bits per heavy atom. The maximum Gasteiger partial charge on any atom is 0.246 e. The van der Waals surface area contributed by atoms with Gasteiger partial charge in [0.25, 0.3) is 0 Å². The van der Waals surface area contributed by atoms with Crippen molar-refractivity contribution in [2.24, 2.45) is 0 Å². The van der Waals surface area contributed by atoms with Gasteiger partial charge < -0.3 is 10.2 Å². The predicted octanol–water partition coefficient (Wildman–Crippen LogP) is 0.474. The third kappa shape index (κ3) is 4.37. The normalized spacial score (nSPS) is 11.7. The molecule has 0 radical (unpaired) electrons. The maximum absolute atomic E-state index is 12.1. The predicted molar refractivity (Wildman–Crippen MR) is 72.2 cm³/mol. The van der Waals surface area contributed by atoms with Gasteiger partial charge in [0.15, 0.2) is 0 Å². The molecule has 1 atom stereocenters. The van der Waals surface area contributed by atoms with E-state index in [4.69, 9.17) is 0 Å². The number of aromatic nitrogens is 1. The van der Waals surface area contributed by atoms with Crippen LogP contribution < -0.4 is 5.32 Å². The Kier molecular flexibility index (Phi) is 5.64. The lowest BCUT2D eigenvalue weighted by molar-refractivity contribution is -0.134. The zero-order chi connectivity index (χ0) is 13.5. The minimum atomic E-state index is -0.585. The topological polar surface area (TPSA) is 62.3 Å². The van der Waals surface area contributed by atoms with Crippen LogP contribution in [0.25, 0.3) is 0 Å². The molecule has 2 amide bonds. The number of rotatable bonds is 5. The molecule has 0 aromatic carbocycles. The molecule has 6 heteroatoms. The largest absolute Gasteiger partial charge is 0.344 e. The first-order valence-electron chi connectivity index (χ1n) is 5.56. The van der Waals surface area contributed by atoms with E-state index < -0.39 is 6.04 Å². The maximum atomic E-state index is 12.1. The molecule has 0 fully saturated rings. The number of carbonyl (C=O) groups excluding carboxylic acids is 2. The van der Waals surface area contributed by atoms with Gasteiger partial charge >= 0.3 is 0 Å². The van der Waals surface area contributed by atoms with E-state index in [1.165, 1.54) is 6.92 Å². The van der Waals surface area contributed by atoms with Gasteiger partial charge in [-0.15, -0.1) is 0 Å². The van der Waals surface area contributed by atoms with Crippen LogP contribution in [0, 0.1) is 0 Å². The number of likely N-dealkylation sites (N-methyl/N-ethyl adjacent to an activating group) is 1. The molecule has 18 heavy (non-hydrogen) atoms. The molecule has 1 unspecified atom stereocenters. The number of thiol groups is 1. The van der Waals surface area contributed by atoms with Crippen molar-refractivity contribution in [2.45, 2.75) is 19.5 Å². The molecule has 5 nitrogen and oxygen atoms in total. The molecule has 1 N–H and O–H groups in total. The van der Waals surface area contributed by atoms with Crippen molar-refractivity contribution >= 4 is 24.4 Å². The average Bonchev–Trinajstić information content (AvgIpc) is 2.36. The van der Waals surface area contributed by atoms with Crippen LogP contribution in [0.3, 0.4) is 0 Å². The minimum Gasteiger partial charge on any atom is -0.344 e. The number of hydrogen-bond donors (Lipinski definition) is 2. The zero-order valence-electron chi connectivity index (χ0n) is 10.5. The van der Waals surface area contributed by atoms with Crippen molar-refractivity contribution < 1.29 is 9.59 Å². The van der Waals surface area contributed by atoms with E-state index in [0.29, 0.717) is 6.54 Å². The summed E-state index contributed by atoms with van der Waals surface area (Å²) in [6.07, 6.45) is 3.36. The number of pyridine rings is 1. The van der Waals surface area contributed by atoms with Crippen LogP contribution in [0.5, 0.6) is 0 Å². The lowest BCUT2D eigenvalue weighted by atomic mass is 10.2. The van der Waals surface area contributed by atoms with Crippen molar-refractivity contribution in [3.63, 3.8) is 0 Å². The third-order valence-electron chi connectivity index (χ3n) is 2.40. The Bertz CT molecular complexity index is 411. The second-order valence-electron chi connectivity index (χ2n) is 3.99. The van der Waals surface area contributed by atoms with E-state index >= 15 is 0 Å². The van der Waals surface area contributed by atoms with Crippen molar-refractivity contribution in [3.8, 4) is 0 Å². The van der Waals surface area contributed by atoms with Gasteiger partial charge in [0.2, 0.25) is 11.8 Å². The fraction of sp³-hybridized carbons (Fsp3) is 0.417. The monoisotopic (exact) mass is 267 g/mol. The van der Waals surface area contributed by atoms with E-state index in [9.17, 15) is 9.59 Å². The lowest BCUT2D eigenvalue weighted by Gasteiger charge is -2.23. The molecule has 0 saturated carbocycles. The van der Waals surface area contributed by atoms with Crippen LogP contribution >= 0.6 is 12.6 Å². The molecule has 1 rings (SSSR count). The van der Waals surface area contributed by atoms with Gasteiger partial charge in [-0.1, -0.05) is 0 Å². The van der Waals surface area contributed by atoms with Crippen molar-refractivity contribution in [2.75, 3.05) is 12.8 Å². The van der Waals surface area contributed by atoms with Gasteiger partial charge in [-0.3, -0.25) is 14.6 Å². The van der Waals surface area contributed by atoms with Crippen LogP contribution in [-0.2, 0) is 16.1 Å². The second kappa shape index (κ2) is 7.00. The van der Waals surface area contributed by atoms with Crippen LogP contribution in [0.4, 0.5) is 0 Å². The molecule has 0 aliphatic rings. The van der Waals surface area contributed by atoms with Gasteiger partial charge in [0, 0.05) is 38.7 Å². The average molecular weight is 267 g/mol. The fourth-order valence-electron chi connectivity index (χ4n) is 1.54. The Morgan fingerprint density at radius 1 is 1.44 bits per heavy atom. The number of amides is 2. The highest BCUT2D eigenvalue weighted by Crippen LogP contribution is 2.04. The molecule has 0 saturated heterocycles. The summed E-state index contributed by atoms with van der Waals surface area (Å²) in [5, 5.41) is 2.58. The van der Waals surface area contributed by atoms with Crippen LogP contribution in [0.1, 0.15) is 12.5 Å². The van der Waals surface area contributed by atoms with E-state index in [1.54, 1.807) is 24.3 Å². The first-order valence-corrected chi connectivity index (χ1v) is 6.19. The van der Waals surface area contributed by atoms with E-state index in [-0.39, 0.29) is 17.6 Å². The fourth-order valence-corrected chi connectivity index (χ4v) is 1.78. The summed E-state index contributed by atoms with van der Waals surface area (Å²) in [5.41, 5.74) is 0.988. The van der Waals surface area contributed by atoms with Crippen molar-refractivity contribution in [1.29, 1.82) is 0 Å². The molecule has 1 aromatic rings. The van der Waals surface area contributed by atoms with Gasteiger partial charge in [-0.05, 0) is 17.7 Å². The van der Waals surface area contributed by atoms with Crippen LogP contribution in [0.2, 0.25) is 0 Å². The van der Waals surface area contributed by atoms with E-state index in [2.05, 4.69) is 22.9 Å². The van der Waals surface area contributed by atoms with E-state index in [1.807, 2.05) is 12.1 Å². The molecular formula is C12H17N3O2S. The highest BCUT2D eigenvalue weighted by atomic mass is 32.1. The van der Waals surface area contributed by atoms with Gasteiger partial charge in [0.1, 0.15) is 6.04 Å². The number of carbonyl (C=O) groups is 2. The summed E-state index contributed by atoms with van der Waals surface area (Å²) in [7, 11) is 1.70. The third-order valence-corrected chi connectivity index (χ3v) is 2.77. The zero-order valence-corrected chi connectivity index (χ0v) is 11.4. The Hall–Kier alpha value is -1.56. The Morgan fingerprint density at radius 3 is 2.56 bits per heavy atom. The minimum absolute atomic E-state index is 0.156. The van der Waals surface area contributed by atoms with Gasteiger partial charge in [-0.25, -0.2) is 0 Å². The van der Waals surface area contributed by atoms with Gasteiger partial charge in [-0.2, -0.15) is 12.6 Å². The van der Waals surface area contributed by atoms with Crippen LogP contribution in [0.15, 0.2) is 24.5 Å². The summed E-state index contributed by atoms with van der Waals surface area (Å²) in [6, 6.07) is 3.10. The number of nitrogens with one attached hydrogen (secondary N) is 1. The molecular weight excluding hydrogens is 250 g/mol. The first-order chi connectivity index (χ1) is 8.54. The Balaban J connectivity index is 2.62. The SMILES string of the molecule is CC(=O)NC(CS)C(=O)N(C)Cc1ccncc1. The van der Waals surface area contributed by atoms with Crippen LogP contribution in [-0.4, -0.2) is 40.5 Å². The number of hydrogen-bond acceptors (Lipinski definition) is 4. The summed E-state index contributed by atoms with van der Waals surface area (Å²) < 4.78 is 0. The highest BCUT2D eigenvalue weighted by molar-refractivity contribution is 7.80. The molecule has 0 aliphatic heterocycles. The summed E-state index contributed by atoms with van der Waals surface area (Å²) in [6.45, 7) is 1.86.